The van der Waals surface area contributed by atoms with Gasteiger partial charge in [-0.1, -0.05) is 55.1 Å². The summed E-state index contributed by atoms with van der Waals surface area (Å²) in [6, 6.07) is 15.6. The van der Waals surface area contributed by atoms with Gasteiger partial charge in [0.15, 0.2) is 5.16 Å². The van der Waals surface area contributed by atoms with Crippen LogP contribution in [0.2, 0.25) is 0 Å². The van der Waals surface area contributed by atoms with Crippen LogP contribution in [-0.2, 0) is 19.2 Å². The van der Waals surface area contributed by atoms with E-state index in [1.807, 2.05) is 35.9 Å². The van der Waals surface area contributed by atoms with Crippen LogP contribution in [0.15, 0.2) is 65.1 Å². The fourth-order valence-electron chi connectivity index (χ4n) is 2.37. The molecule has 0 saturated carbocycles. The molecule has 0 saturated heterocycles. The predicted molar refractivity (Wildman–Crippen MR) is 108 cm³/mol. The third-order valence-corrected chi connectivity index (χ3v) is 5.13. The number of benzene rings is 2. The highest BCUT2D eigenvalue weighted by Gasteiger charge is 2.06. The number of thioether (sulfide) groups is 1. The van der Waals surface area contributed by atoms with E-state index in [0.717, 1.165) is 28.5 Å². The Morgan fingerprint density at radius 2 is 1.85 bits per heavy atom. The molecular formula is C20H21N5OS. The van der Waals surface area contributed by atoms with Gasteiger partial charge in [-0.05, 0) is 35.2 Å². The molecule has 0 unspecified atom stereocenters. The van der Waals surface area contributed by atoms with Crippen LogP contribution in [0.25, 0.3) is 0 Å². The summed E-state index contributed by atoms with van der Waals surface area (Å²) < 4.78 is 1.88. The average molecular weight is 379 g/mol. The topological polar surface area (TPSA) is 72.2 Å². The molecule has 6 nitrogen and oxygen atoms in total. The summed E-state index contributed by atoms with van der Waals surface area (Å²) in [7, 11) is 1.91. The maximum Gasteiger partial charge on any atom is 0.271 e. The standard InChI is InChI=1S/C20H21N5OS/c1-3-15-4-6-16(7-5-15)12-21-23-19(26)18-10-8-17(9-11-18)13-27-20-24-22-14-25(20)2/h4-12,14H,3,13H2,1-2H3,(H,23,26)/b21-12-. The normalized spacial score (nSPS) is 11.0. The highest BCUT2D eigenvalue weighted by atomic mass is 32.2. The van der Waals surface area contributed by atoms with Crippen LogP contribution in [0.3, 0.4) is 0 Å². The molecule has 0 aliphatic rings. The Hall–Kier alpha value is -2.93. The van der Waals surface area contributed by atoms with Crippen molar-refractivity contribution in [3.05, 3.63) is 77.1 Å². The molecule has 3 rings (SSSR count). The number of nitrogens with zero attached hydrogens (tertiary/aromatic N) is 4. The monoisotopic (exact) mass is 379 g/mol. The maximum atomic E-state index is 12.2. The molecular weight excluding hydrogens is 358 g/mol. The molecule has 0 aliphatic carbocycles. The molecule has 27 heavy (non-hydrogen) atoms. The van der Waals surface area contributed by atoms with E-state index in [1.165, 1.54) is 5.56 Å². The lowest BCUT2D eigenvalue weighted by Crippen LogP contribution is -2.17. The first kappa shape index (κ1) is 18.8. The Bertz CT molecular complexity index is 916. The molecule has 0 fully saturated rings. The zero-order valence-corrected chi connectivity index (χ0v) is 16.1. The number of carbonyl (C=O) groups excluding carboxylic acids is 1. The Morgan fingerprint density at radius 1 is 1.15 bits per heavy atom. The highest BCUT2D eigenvalue weighted by molar-refractivity contribution is 7.98. The minimum absolute atomic E-state index is 0.232. The van der Waals surface area contributed by atoms with Gasteiger partial charge in [0.25, 0.3) is 5.91 Å². The van der Waals surface area contributed by atoms with Gasteiger partial charge in [-0.3, -0.25) is 4.79 Å². The van der Waals surface area contributed by atoms with E-state index >= 15 is 0 Å². The van der Waals surface area contributed by atoms with Gasteiger partial charge < -0.3 is 4.57 Å². The van der Waals surface area contributed by atoms with Gasteiger partial charge in [-0.15, -0.1) is 10.2 Å². The van der Waals surface area contributed by atoms with Crippen LogP contribution < -0.4 is 5.43 Å². The average Bonchev–Trinajstić information content (AvgIpc) is 3.12. The van der Waals surface area contributed by atoms with E-state index < -0.39 is 0 Å². The van der Waals surface area contributed by atoms with Crippen molar-refractivity contribution < 1.29 is 4.79 Å². The van der Waals surface area contributed by atoms with Crippen molar-refractivity contribution in [1.82, 2.24) is 20.2 Å². The number of amides is 1. The lowest BCUT2D eigenvalue weighted by Gasteiger charge is -2.03. The summed E-state index contributed by atoms with van der Waals surface area (Å²) in [6.07, 6.45) is 4.32. The summed E-state index contributed by atoms with van der Waals surface area (Å²) in [4.78, 5) is 12.2. The van der Waals surface area contributed by atoms with Gasteiger partial charge in [-0.25, -0.2) is 5.43 Å². The number of aryl methyl sites for hydroxylation is 2. The molecule has 0 bridgehead atoms. The van der Waals surface area contributed by atoms with Crippen molar-refractivity contribution in [2.45, 2.75) is 24.3 Å². The minimum atomic E-state index is -0.232. The Kier molecular flexibility index (Phi) is 6.38. The Morgan fingerprint density at radius 3 is 2.48 bits per heavy atom. The van der Waals surface area contributed by atoms with Crippen LogP contribution in [-0.4, -0.2) is 26.9 Å². The second-order valence-corrected chi connectivity index (χ2v) is 6.95. The van der Waals surface area contributed by atoms with Crippen molar-refractivity contribution in [2.24, 2.45) is 12.1 Å². The van der Waals surface area contributed by atoms with Crippen molar-refractivity contribution in [1.29, 1.82) is 0 Å². The molecule has 0 radical (unpaired) electrons. The molecule has 2 aromatic carbocycles. The second-order valence-electron chi connectivity index (χ2n) is 6.00. The zero-order chi connectivity index (χ0) is 19.1. The Balaban J connectivity index is 1.52. The summed E-state index contributed by atoms with van der Waals surface area (Å²) in [5, 5.41) is 12.8. The summed E-state index contributed by atoms with van der Waals surface area (Å²) in [5.74, 6) is 0.532. The van der Waals surface area contributed by atoms with Crippen LogP contribution in [0, 0.1) is 0 Å². The van der Waals surface area contributed by atoms with E-state index in [9.17, 15) is 4.79 Å². The first-order valence-corrected chi connectivity index (χ1v) is 9.62. The lowest BCUT2D eigenvalue weighted by atomic mass is 10.1. The summed E-state index contributed by atoms with van der Waals surface area (Å²) in [5.41, 5.74) is 6.46. The van der Waals surface area contributed by atoms with Crippen molar-refractivity contribution in [2.75, 3.05) is 0 Å². The predicted octanol–water partition coefficient (Wildman–Crippen LogP) is 3.43. The van der Waals surface area contributed by atoms with E-state index in [1.54, 1.807) is 36.4 Å². The minimum Gasteiger partial charge on any atom is -0.312 e. The SMILES string of the molecule is CCc1ccc(/C=N\NC(=O)c2ccc(CSc3nncn3C)cc2)cc1. The fourth-order valence-corrected chi connectivity index (χ4v) is 3.22. The highest BCUT2D eigenvalue weighted by Crippen LogP contribution is 2.20. The van der Waals surface area contributed by atoms with Crippen LogP contribution in [0.1, 0.15) is 34.0 Å². The van der Waals surface area contributed by atoms with E-state index in [-0.39, 0.29) is 5.91 Å². The van der Waals surface area contributed by atoms with Gasteiger partial charge in [-0.2, -0.15) is 5.10 Å². The molecule has 0 aliphatic heterocycles. The number of carbonyl (C=O) groups is 1. The molecule has 138 valence electrons. The van der Waals surface area contributed by atoms with E-state index in [4.69, 9.17) is 0 Å². The van der Waals surface area contributed by atoms with Crippen LogP contribution >= 0.6 is 11.8 Å². The van der Waals surface area contributed by atoms with Gasteiger partial charge in [0.05, 0.1) is 6.21 Å². The molecule has 0 spiro atoms. The van der Waals surface area contributed by atoms with Gasteiger partial charge >= 0.3 is 0 Å². The third kappa shape index (κ3) is 5.27. The molecule has 1 aromatic heterocycles. The molecule has 1 amide bonds. The van der Waals surface area contributed by atoms with Gasteiger partial charge in [0, 0.05) is 18.4 Å². The maximum absolute atomic E-state index is 12.2. The lowest BCUT2D eigenvalue weighted by molar-refractivity contribution is 0.0955. The molecule has 3 aromatic rings. The smallest absolute Gasteiger partial charge is 0.271 e. The number of hydrazone groups is 1. The number of hydrogen-bond acceptors (Lipinski definition) is 5. The van der Waals surface area contributed by atoms with Gasteiger partial charge in [0.2, 0.25) is 0 Å². The van der Waals surface area contributed by atoms with Crippen LogP contribution in [0.5, 0.6) is 0 Å². The summed E-state index contributed by atoms with van der Waals surface area (Å²) >= 11 is 1.60. The Labute approximate surface area is 162 Å². The fraction of sp³-hybridized carbons (Fsp3) is 0.200. The third-order valence-electron chi connectivity index (χ3n) is 4.02. The first-order valence-electron chi connectivity index (χ1n) is 8.64. The van der Waals surface area contributed by atoms with E-state index in [0.29, 0.717) is 5.56 Å². The molecule has 7 heteroatoms. The van der Waals surface area contributed by atoms with E-state index in [2.05, 4.69) is 39.8 Å². The number of aromatic nitrogens is 3. The van der Waals surface area contributed by atoms with Crippen molar-refractivity contribution in [3.63, 3.8) is 0 Å². The largest absolute Gasteiger partial charge is 0.312 e. The molecule has 1 N–H and O–H groups in total. The van der Waals surface area contributed by atoms with Crippen molar-refractivity contribution in [3.8, 4) is 0 Å². The number of nitrogens with one attached hydrogen (secondary N) is 1. The zero-order valence-electron chi connectivity index (χ0n) is 15.3. The van der Waals surface area contributed by atoms with Crippen LogP contribution in [0.4, 0.5) is 0 Å². The molecule has 0 atom stereocenters. The number of rotatable bonds is 7. The first-order chi connectivity index (χ1) is 13.2. The van der Waals surface area contributed by atoms with Crippen molar-refractivity contribution >= 4 is 23.9 Å². The number of hydrogen-bond donors (Lipinski definition) is 1. The summed E-state index contributed by atoms with van der Waals surface area (Å²) in [6.45, 7) is 2.11. The quantitative estimate of drug-likeness (QED) is 0.388. The molecule has 1 heterocycles. The second kappa shape index (κ2) is 9.14. The van der Waals surface area contributed by atoms with Gasteiger partial charge in [0.1, 0.15) is 6.33 Å².